The first kappa shape index (κ1) is 15.8. The Morgan fingerprint density at radius 2 is 2.05 bits per heavy atom. The monoisotopic (exact) mass is 289 g/mol. The fraction of sp³-hybridized carbons (Fsp3) is 0.625. The van der Waals surface area contributed by atoms with Gasteiger partial charge < -0.3 is 10.3 Å². The molecule has 0 amide bonds. The van der Waals surface area contributed by atoms with Gasteiger partial charge in [0.1, 0.15) is 5.82 Å². The fourth-order valence-corrected chi connectivity index (χ4v) is 2.85. The summed E-state index contributed by atoms with van der Waals surface area (Å²) in [5, 5.41) is 4.81. The summed E-state index contributed by atoms with van der Waals surface area (Å²) in [6.07, 6.45) is 7.60. The van der Waals surface area contributed by atoms with Crippen LogP contribution in [0, 0.1) is 0 Å². The summed E-state index contributed by atoms with van der Waals surface area (Å²) < 4.78 is 4.23. The molecule has 1 atom stereocenters. The summed E-state index contributed by atoms with van der Waals surface area (Å²) in [5.41, 5.74) is 9.89. The van der Waals surface area contributed by atoms with Crippen molar-refractivity contribution in [2.45, 2.75) is 59.0 Å². The van der Waals surface area contributed by atoms with Crippen LogP contribution < -0.4 is 5.73 Å². The molecular formula is C16H27N5. The van der Waals surface area contributed by atoms with Crippen molar-refractivity contribution in [3.63, 3.8) is 0 Å². The first-order chi connectivity index (χ1) is 10.1. The molecule has 2 aromatic heterocycles. The highest BCUT2D eigenvalue weighted by Gasteiger charge is 2.16. The molecule has 0 aromatic carbocycles. The van der Waals surface area contributed by atoms with E-state index < -0.39 is 0 Å². The van der Waals surface area contributed by atoms with Gasteiger partial charge in [-0.05, 0) is 31.7 Å². The van der Waals surface area contributed by atoms with Crippen LogP contribution in [0.1, 0.15) is 43.5 Å². The van der Waals surface area contributed by atoms with Gasteiger partial charge in [-0.2, -0.15) is 5.10 Å². The Morgan fingerprint density at radius 3 is 2.57 bits per heavy atom. The van der Waals surface area contributed by atoms with Gasteiger partial charge in [0, 0.05) is 44.1 Å². The SMILES string of the molecule is CCc1nn(CCc2nccn2C)c(CC)c1CC(C)N. The van der Waals surface area contributed by atoms with E-state index in [1.165, 1.54) is 17.0 Å². The maximum absolute atomic E-state index is 6.00. The third-order valence-corrected chi connectivity index (χ3v) is 3.91. The molecule has 0 aliphatic heterocycles. The second-order valence-corrected chi connectivity index (χ2v) is 5.69. The fourth-order valence-electron chi connectivity index (χ4n) is 2.85. The molecule has 0 radical (unpaired) electrons. The van der Waals surface area contributed by atoms with Crippen LogP contribution in [0.15, 0.2) is 12.4 Å². The number of hydrogen-bond acceptors (Lipinski definition) is 3. The third-order valence-electron chi connectivity index (χ3n) is 3.91. The Morgan fingerprint density at radius 1 is 1.29 bits per heavy atom. The molecule has 0 fully saturated rings. The summed E-state index contributed by atoms with van der Waals surface area (Å²) in [6.45, 7) is 7.29. The average molecular weight is 289 g/mol. The molecule has 2 N–H and O–H groups in total. The van der Waals surface area contributed by atoms with Crippen LogP contribution in [-0.4, -0.2) is 25.4 Å². The van der Waals surface area contributed by atoms with Crippen LogP contribution in [0.2, 0.25) is 0 Å². The summed E-state index contributed by atoms with van der Waals surface area (Å²) >= 11 is 0. The molecule has 1 unspecified atom stereocenters. The zero-order chi connectivity index (χ0) is 15.4. The third kappa shape index (κ3) is 3.53. The highest BCUT2D eigenvalue weighted by atomic mass is 15.3. The van der Waals surface area contributed by atoms with Gasteiger partial charge in [0.2, 0.25) is 0 Å². The topological polar surface area (TPSA) is 61.7 Å². The van der Waals surface area contributed by atoms with Gasteiger partial charge in [0.25, 0.3) is 0 Å². The van der Waals surface area contributed by atoms with Gasteiger partial charge in [0.15, 0.2) is 0 Å². The minimum Gasteiger partial charge on any atom is -0.338 e. The Labute approximate surface area is 127 Å². The van der Waals surface area contributed by atoms with Crippen molar-refractivity contribution in [3.05, 3.63) is 35.2 Å². The van der Waals surface area contributed by atoms with Gasteiger partial charge >= 0.3 is 0 Å². The van der Waals surface area contributed by atoms with E-state index >= 15 is 0 Å². The number of hydrogen-bond donors (Lipinski definition) is 1. The summed E-state index contributed by atoms with van der Waals surface area (Å²) in [5.74, 6) is 1.10. The molecular weight excluding hydrogens is 262 g/mol. The minimum atomic E-state index is 0.174. The van der Waals surface area contributed by atoms with Crippen molar-refractivity contribution in [1.82, 2.24) is 19.3 Å². The van der Waals surface area contributed by atoms with Crippen molar-refractivity contribution in [2.24, 2.45) is 12.8 Å². The van der Waals surface area contributed by atoms with E-state index in [2.05, 4.69) is 35.0 Å². The number of aryl methyl sites for hydroxylation is 4. The number of nitrogens with zero attached hydrogens (tertiary/aromatic N) is 4. The second kappa shape index (κ2) is 6.89. The van der Waals surface area contributed by atoms with E-state index in [1.54, 1.807) is 0 Å². The standard InChI is InChI=1S/C16H27N5/c1-5-14-13(11-12(3)17)15(6-2)21(19-14)9-7-16-18-8-10-20(16)4/h8,10,12H,5-7,9,11,17H2,1-4H3. The first-order valence-corrected chi connectivity index (χ1v) is 7.85. The molecule has 5 heteroatoms. The second-order valence-electron chi connectivity index (χ2n) is 5.69. The number of aromatic nitrogens is 4. The summed E-state index contributed by atoms with van der Waals surface area (Å²) in [7, 11) is 2.03. The number of nitrogens with two attached hydrogens (primary N) is 1. The van der Waals surface area contributed by atoms with Crippen LogP contribution in [0.5, 0.6) is 0 Å². The van der Waals surface area contributed by atoms with E-state index in [9.17, 15) is 0 Å². The maximum Gasteiger partial charge on any atom is 0.110 e. The Bertz CT molecular complexity index is 580. The van der Waals surface area contributed by atoms with E-state index in [4.69, 9.17) is 10.8 Å². The molecule has 21 heavy (non-hydrogen) atoms. The predicted octanol–water partition coefficient (Wildman–Crippen LogP) is 1.87. The summed E-state index contributed by atoms with van der Waals surface area (Å²) in [6, 6.07) is 0.174. The van der Waals surface area contributed by atoms with E-state index in [1.807, 2.05) is 19.4 Å². The lowest BCUT2D eigenvalue weighted by Crippen LogP contribution is -2.19. The number of imidazole rings is 1. The summed E-state index contributed by atoms with van der Waals surface area (Å²) in [4.78, 5) is 4.39. The highest BCUT2D eigenvalue weighted by molar-refractivity contribution is 5.28. The average Bonchev–Trinajstić information content (AvgIpc) is 2.99. The Kier molecular flexibility index (Phi) is 5.17. The first-order valence-electron chi connectivity index (χ1n) is 7.85. The molecule has 0 saturated carbocycles. The van der Waals surface area contributed by atoms with Crippen LogP contribution in [0.25, 0.3) is 0 Å². The van der Waals surface area contributed by atoms with E-state index in [-0.39, 0.29) is 6.04 Å². The normalized spacial score (nSPS) is 12.8. The maximum atomic E-state index is 6.00. The molecule has 0 aliphatic carbocycles. The lowest BCUT2D eigenvalue weighted by molar-refractivity contribution is 0.561. The molecule has 0 spiro atoms. The van der Waals surface area contributed by atoms with Crippen molar-refractivity contribution in [1.29, 1.82) is 0 Å². The number of rotatable bonds is 7. The molecule has 2 rings (SSSR count). The minimum absolute atomic E-state index is 0.174. The van der Waals surface area contributed by atoms with Gasteiger partial charge in [-0.25, -0.2) is 4.98 Å². The van der Waals surface area contributed by atoms with Gasteiger partial charge in [-0.15, -0.1) is 0 Å². The zero-order valence-corrected chi connectivity index (χ0v) is 13.6. The smallest absolute Gasteiger partial charge is 0.110 e. The van der Waals surface area contributed by atoms with Crippen molar-refractivity contribution < 1.29 is 0 Å². The van der Waals surface area contributed by atoms with Crippen LogP contribution in [0.4, 0.5) is 0 Å². The van der Waals surface area contributed by atoms with E-state index in [0.29, 0.717) is 0 Å². The van der Waals surface area contributed by atoms with Crippen LogP contribution in [-0.2, 0) is 39.3 Å². The molecule has 2 aromatic rings. The predicted molar refractivity (Wildman–Crippen MR) is 85.2 cm³/mol. The van der Waals surface area contributed by atoms with Crippen molar-refractivity contribution in [3.8, 4) is 0 Å². The van der Waals surface area contributed by atoms with E-state index in [0.717, 1.165) is 38.1 Å². The molecule has 116 valence electrons. The highest BCUT2D eigenvalue weighted by Crippen LogP contribution is 2.18. The Balaban J connectivity index is 2.22. The van der Waals surface area contributed by atoms with Gasteiger partial charge in [-0.1, -0.05) is 13.8 Å². The van der Waals surface area contributed by atoms with Crippen LogP contribution >= 0.6 is 0 Å². The van der Waals surface area contributed by atoms with Gasteiger partial charge in [-0.3, -0.25) is 4.68 Å². The molecule has 2 heterocycles. The molecule has 0 saturated heterocycles. The lowest BCUT2D eigenvalue weighted by atomic mass is 10.0. The van der Waals surface area contributed by atoms with Gasteiger partial charge in [0.05, 0.1) is 5.69 Å². The lowest BCUT2D eigenvalue weighted by Gasteiger charge is -2.10. The van der Waals surface area contributed by atoms with Crippen molar-refractivity contribution in [2.75, 3.05) is 0 Å². The molecule has 5 nitrogen and oxygen atoms in total. The van der Waals surface area contributed by atoms with Crippen LogP contribution in [0.3, 0.4) is 0 Å². The Hall–Kier alpha value is -1.62. The quantitative estimate of drug-likeness (QED) is 0.846. The largest absolute Gasteiger partial charge is 0.338 e. The molecule has 0 bridgehead atoms. The molecule has 0 aliphatic rings. The zero-order valence-electron chi connectivity index (χ0n) is 13.6. The van der Waals surface area contributed by atoms with Crippen molar-refractivity contribution >= 4 is 0 Å².